The number of rotatable bonds is 7. The van der Waals surface area contributed by atoms with Crippen molar-refractivity contribution in [2.45, 2.75) is 25.2 Å². The van der Waals surface area contributed by atoms with Crippen molar-refractivity contribution in [3.8, 4) is 11.1 Å². The van der Waals surface area contributed by atoms with Crippen LogP contribution in [0.2, 0.25) is 0 Å². The first kappa shape index (κ1) is 18.1. The van der Waals surface area contributed by atoms with E-state index in [1.807, 2.05) is 12.1 Å². The molecule has 0 aliphatic carbocycles. The maximum atomic E-state index is 11.3. The van der Waals surface area contributed by atoms with Gasteiger partial charge in [-0.15, -0.1) is 0 Å². The van der Waals surface area contributed by atoms with Gasteiger partial charge in [0.05, 0.1) is 0 Å². The van der Waals surface area contributed by atoms with E-state index >= 15 is 0 Å². The molecular formula is C22H23NO3. The zero-order valence-corrected chi connectivity index (χ0v) is 14.6. The molecule has 1 unspecified atom stereocenters. The summed E-state index contributed by atoms with van der Waals surface area (Å²) in [5, 5.41) is 20.4. The van der Waals surface area contributed by atoms with Crippen LogP contribution < -0.4 is 5.48 Å². The second-order valence-corrected chi connectivity index (χ2v) is 6.43. The highest BCUT2D eigenvalue weighted by Crippen LogP contribution is 2.31. The standard InChI is InChI=1S/C22H23NO3/c24-15-14-17(12-13-22(25)23-26)16-8-10-19(11-9-16)21-7-3-5-18-4-1-2-6-20(18)21/h1-11,17,24,26H,12-15H2,(H,23,25). The average Bonchev–Trinajstić information content (AvgIpc) is 2.70. The molecule has 3 N–H and O–H groups in total. The quantitative estimate of drug-likeness (QED) is 0.441. The molecule has 0 radical (unpaired) electrons. The molecule has 3 aromatic rings. The maximum Gasteiger partial charge on any atom is 0.243 e. The molecule has 0 bridgehead atoms. The largest absolute Gasteiger partial charge is 0.396 e. The summed E-state index contributed by atoms with van der Waals surface area (Å²) in [4.78, 5) is 11.3. The molecule has 0 fully saturated rings. The van der Waals surface area contributed by atoms with E-state index in [0.29, 0.717) is 12.8 Å². The molecule has 0 heterocycles. The van der Waals surface area contributed by atoms with Gasteiger partial charge in [0.25, 0.3) is 0 Å². The molecule has 0 aliphatic heterocycles. The van der Waals surface area contributed by atoms with Gasteiger partial charge < -0.3 is 5.11 Å². The maximum absolute atomic E-state index is 11.3. The number of hydrogen-bond donors (Lipinski definition) is 3. The molecule has 134 valence electrons. The van der Waals surface area contributed by atoms with Gasteiger partial charge in [0.1, 0.15) is 0 Å². The molecule has 1 amide bonds. The van der Waals surface area contributed by atoms with Crippen LogP contribution in [0.1, 0.15) is 30.7 Å². The normalized spacial score (nSPS) is 12.1. The predicted octanol–water partition coefficient (Wildman–Crippen LogP) is 4.26. The summed E-state index contributed by atoms with van der Waals surface area (Å²) < 4.78 is 0. The van der Waals surface area contributed by atoms with Crippen LogP contribution in [-0.4, -0.2) is 22.8 Å². The molecule has 0 saturated heterocycles. The summed E-state index contributed by atoms with van der Waals surface area (Å²) in [7, 11) is 0. The van der Waals surface area contributed by atoms with Gasteiger partial charge >= 0.3 is 0 Å². The summed E-state index contributed by atoms with van der Waals surface area (Å²) in [6.45, 7) is 0.0660. The number of carbonyl (C=O) groups excluding carboxylic acids is 1. The third-order valence-corrected chi connectivity index (χ3v) is 4.80. The van der Waals surface area contributed by atoms with E-state index in [4.69, 9.17) is 5.21 Å². The SMILES string of the molecule is O=C(CCC(CCO)c1ccc(-c2cccc3ccccc23)cc1)NO. The van der Waals surface area contributed by atoms with E-state index in [-0.39, 0.29) is 18.9 Å². The van der Waals surface area contributed by atoms with Crippen molar-refractivity contribution < 1.29 is 15.1 Å². The Balaban J connectivity index is 1.85. The van der Waals surface area contributed by atoms with Gasteiger partial charge in [-0.1, -0.05) is 66.7 Å². The van der Waals surface area contributed by atoms with E-state index in [2.05, 4.69) is 54.6 Å². The lowest BCUT2D eigenvalue weighted by atomic mass is 9.89. The third-order valence-electron chi connectivity index (χ3n) is 4.80. The van der Waals surface area contributed by atoms with E-state index in [1.54, 1.807) is 5.48 Å². The summed E-state index contributed by atoms with van der Waals surface area (Å²) in [5.41, 5.74) is 5.08. The van der Waals surface area contributed by atoms with Crippen LogP contribution in [0.15, 0.2) is 66.7 Å². The van der Waals surface area contributed by atoms with Crippen molar-refractivity contribution in [2.75, 3.05) is 6.61 Å². The van der Waals surface area contributed by atoms with Gasteiger partial charge in [-0.25, -0.2) is 5.48 Å². The number of amides is 1. The van der Waals surface area contributed by atoms with Gasteiger partial charge in [-0.3, -0.25) is 10.0 Å². The zero-order valence-electron chi connectivity index (χ0n) is 14.6. The fourth-order valence-corrected chi connectivity index (χ4v) is 3.41. The molecule has 0 aromatic heterocycles. The molecule has 0 aliphatic rings. The average molecular weight is 349 g/mol. The number of aliphatic hydroxyl groups is 1. The molecule has 0 saturated carbocycles. The monoisotopic (exact) mass is 349 g/mol. The van der Waals surface area contributed by atoms with Crippen molar-refractivity contribution in [3.63, 3.8) is 0 Å². The number of carbonyl (C=O) groups is 1. The minimum absolute atomic E-state index is 0.0660. The Morgan fingerprint density at radius 2 is 1.65 bits per heavy atom. The van der Waals surface area contributed by atoms with Crippen molar-refractivity contribution >= 4 is 16.7 Å². The van der Waals surface area contributed by atoms with Crippen LogP contribution in [-0.2, 0) is 4.79 Å². The van der Waals surface area contributed by atoms with Crippen LogP contribution in [0.25, 0.3) is 21.9 Å². The minimum atomic E-state index is -0.402. The van der Waals surface area contributed by atoms with Crippen molar-refractivity contribution in [1.82, 2.24) is 5.48 Å². The summed E-state index contributed by atoms with van der Waals surface area (Å²) in [6.07, 6.45) is 1.40. The number of fused-ring (bicyclic) bond motifs is 1. The summed E-state index contributed by atoms with van der Waals surface area (Å²) >= 11 is 0. The topological polar surface area (TPSA) is 69.6 Å². The first-order chi connectivity index (χ1) is 12.7. The van der Waals surface area contributed by atoms with E-state index in [9.17, 15) is 9.90 Å². The van der Waals surface area contributed by atoms with Gasteiger partial charge in [0.15, 0.2) is 0 Å². The molecule has 3 rings (SSSR count). The number of nitrogens with one attached hydrogen (secondary N) is 1. The van der Waals surface area contributed by atoms with Crippen molar-refractivity contribution in [2.24, 2.45) is 0 Å². The Bertz CT molecular complexity index is 869. The van der Waals surface area contributed by atoms with Crippen molar-refractivity contribution in [3.05, 3.63) is 72.3 Å². The Hall–Kier alpha value is -2.69. The smallest absolute Gasteiger partial charge is 0.243 e. The Labute approximate surface area is 153 Å². The molecule has 26 heavy (non-hydrogen) atoms. The fraction of sp³-hybridized carbons (Fsp3) is 0.227. The number of benzene rings is 3. The molecule has 1 atom stereocenters. The van der Waals surface area contributed by atoms with Gasteiger partial charge in [0, 0.05) is 13.0 Å². The lowest BCUT2D eigenvalue weighted by molar-refractivity contribution is -0.129. The van der Waals surface area contributed by atoms with Gasteiger partial charge in [-0.2, -0.15) is 0 Å². The molecule has 0 spiro atoms. The Morgan fingerprint density at radius 1 is 0.923 bits per heavy atom. The minimum Gasteiger partial charge on any atom is -0.396 e. The Kier molecular flexibility index (Phi) is 6.00. The van der Waals surface area contributed by atoms with Crippen LogP contribution in [0, 0.1) is 0 Å². The van der Waals surface area contributed by atoms with E-state index < -0.39 is 5.91 Å². The first-order valence-electron chi connectivity index (χ1n) is 8.85. The number of aliphatic hydroxyl groups excluding tert-OH is 1. The van der Waals surface area contributed by atoms with E-state index in [1.165, 1.54) is 16.3 Å². The lowest BCUT2D eigenvalue weighted by Crippen LogP contribution is -2.19. The predicted molar refractivity (Wildman–Crippen MR) is 103 cm³/mol. The Morgan fingerprint density at radius 3 is 2.38 bits per heavy atom. The van der Waals surface area contributed by atoms with Crippen molar-refractivity contribution in [1.29, 1.82) is 0 Å². The second kappa shape index (κ2) is 8.61. The van der Waals surface area contributed by atoms with Crippen LogP contribution >= 0.6 is 0 Å². The lowest BCUT2D eigenvalue weighted by Gasteiger charge is -2.16. The van der Waals surface area contributed by atoms with E-state index in [0.717, 1.165) is 11.1 Å². The molecule has 4 heteroatoms. The number of hydroxylamine groups is 1. The fourth-order valence-electron chi connectivity index (χ4n) is 3.41. The summed E-state index contributed by atoms with van der Waals surface area (Å²) in [6, 6.07) is 22.9. The highest BCUT2D eigenvalue weighted by molar-refractivity contribution is 5.96. The van der Waals surface area contributed by atoms with Crippen LogP contribution in [0.3, 0.4) is 0 Å². The number of hydrogen-bond acceptors (Lipinski definition) is 3. The second-order valence-electron chi connectivity index (χ2n) is 6.43. The third kappa shape index (κ3) is 4.10. The van der Waals surface area contributed by atoms with Crippen LogP contribution in [0.4, 0.5) is 0 Å². The highest BCUT2D eigenvalue weighted by Gasteiger charge is 2.14. The molecular weight excluding hydrogens is 326 g/mol. The van der Waals surface area contributed by atoms with Crippen LogP contribution in [0.5, 0.6) is 0 Å². The highest BCUT2D eigenvalue weighted by atomic mass is 16.5. The molecule has 4 nitrogen and oxygen atoms in total. The van der Waals surface area contributed by atoms with Gasteiger partial charge in [0.2, 0.25) is 5.91 Å². The summed E-state index contributed by atoms with van der Waals surface area (Å²) in [5.74, 6) is -0.320. The first-order valence-corrected chi connectivity index (χ1v) is 8.85. The molecule has 3 aromatic carbocycles. The zero-order chi connectivity index (χ0) is 18.4. The van der Waals surface area contributed by atoms with Gasteiger partial charge in [-0.05, 0) is 46.2 Å².